The van der Waals surface area contributed by atoms with E-state index in [4.69, 9.17) is 5.84 Å². The first-order chi connectivity index (χ1) is 7.61. The molecule has 0 aliphatic rings. The zero-order chi connectivity index (χ0) is 11.7. The summed E-state index contributed by atoms with van der Waals surface area (Å²) in [6.45, 7) is 4.65. The highest BCUT2D eigenvalue weighted by atomic mass is 15.4. The van der Waals surface area contributed by atoms with Crippen molar-refractivity contribution in [2.75, 3.05) is 5.43 Å². The molecule has 0 spiro atoms. The van der Waals surface area contributed by atoms with Crippen LogP contribution in [0.25, 0.3) is 0 Å². The van der Waals surface area contributed by atoms with Crippen LogP contribution in [0.3, 0.4) is 0 Å². The van der Waals surface area contributed by atoms with Crippen molar-refractivity contribution in [3.63, 3.8) is 0 Å². The minimum absolute atomic E-state index is 0.674. The van der Waals surface area contributed by atoms with E-state index < -0.39 is 0 Å². The molecule has 2 heterocycles. The topological polar surface area (TPSA) is 73.7 Å². The Morgan fingerprint density at radius 2 is 2.19 bits per heavy atom. The van der Waals surface area contributed by atoms with Crippen molar-refractivity contribution in [2.24, 2.45) is 12.9 Å². The fraction of sp³-hybridized carbons (Fsp3) is 0.400. The Labute approximate surface area is 94.0 Å². The van der Waals surface area contributed by atoms with Crippen molar-refractivity contribution in [1.82, 2.24) is 19.6 Å². The van der Waals surface area contributed by atoms with Crippen LogP contribution in [0.2, 0.25) is 0 Å². The minimum atomic E-state index is 0.674. The van der Waals surface area contributed by atoms with Crippen molar-refractivity contribution >= 4 is 5.82 Å². The second kappa shape index (κ2) is 3.97. The Morgan fingerprint density at radius 1 is 1.44 bits per heavy atom. The molecule has 0 amide bonds. The number of hydrogen-bond donors (Lipinski definition) is 2. The van der Waals surface area contributed by atoms with Gasteiger partial charge in [-0.15, -0.1) is 0 Å². The lowest BCUT2D eigenvalue weighted by atomic mass is 10.2. The first kappa shape index (κ1) is 10.7. The number of aryl methyl sites for hydroxylation is 3. The lowest BCUT2D eigenvalue weighted by Crippen LogP contribution is -2.14. The third-order valence-corrected chi connectivity index (χ3v) is 2.57. The quantitative estimate of drug-likeness (QED) is 0.586. The molecule has 16 heavy (non-hydrogen) atoms. The van der Waals surface area contributed by atoms with Gasteiger partial charge in [-0.1, -0.05) is 0 Å². The lowest BCUT2D eigenvalue weighted by molar-refractivity contribution is 0.684. The number of anilines is 1. The second-order valence-electron chi connectivity index (χ2n) is 3.90. The molecule has 2 rings (SSSR count). The molecule has 6 heteroatoms. The zero-order valence-electron chi connectivity index (χ0n) is 9.73. The van der Waals surface area contributed by atoms with Crippen LogP contribution in [0, 0.1) is 13.8 Å². The van der Waals surface area contributed by atoms with Crippen LogP contribution in [0.1, 0.15) is 16.8 Å². The number of hydrazine groups is 1. The van der Waals surface area contributed by atoms with Gasteiger partial charge in [-0.3, -0.25) is 9.36 Å². The van der Waals surface area contributed by atoms with Gasteiger partial charge in [0.2, 0.25) is 0 Å². The summed E-state index contributed by atoms with van der Waals surface area (Å²) < 4.78 is 3.61. The van der Waals surface area contributed by atoms with Gasteiger partial charge in [-0.2, -0.15) is 10.2 Å². The Bertz CT molecular complexity index is 495. The van der Waals surface area contributed by atoms with Crippen LogP contribution in [-0.4, -0.2) is 19.6 Å². The fourth-order valence-corrected chi connectivity index (χ4v) is 1.79. The second-order valence-corrected chi connectivity index (χ2v) is 3.90. The molecule has 86 valence electrons. The first-order valence-electron chi connectivity index (χ1n) is 5.10. The number of nitrogen functional groups attached to an aromatic ring is 1. The van der Waals surface area contributed by atoms with Crippen LogP contribution < -0.4 is 11.3 Å². The summed E-state index contributed by atoms with van der Waals surface area (Å²) >= 11 is 0. The van der Waals surface area contributed by atoms with Crippen molar-refractivity contribution < 1.29 is 0 Å². The average Bonchev–Trinajstić information content (AvgIpc) is 2.73. The maximum atomic E-state index is 5.48. The average molecular weight is 220 g/mol. The van der Waals surface area contributed by atoms with Crippen LogP contribution in [0.15, 0.2) is 12.4 Å². The summed E-state index contributed by atoms with van der Waals surface area (Å²) in [7, 11) is 1.86. The Hall–Kier alpha value is -1.82. The Balaban J connectivity index is 2.33. The van der Waals surface area contributed by atoms with Crippen LogP contribution in [0.4, 0.5) is 5.82 Å². The Kier molecular flexibility index (Phi) is 2.66. The molecule has 0 fully saturated rings. The summed E-state index contributed by atoms with van der Waals surface area (Å²) in [5.74, 6) is 6.31. The van der Waals surface area contributed by atoms with E-state index in [9.17, 15) is 0 Å². The molecule has 3 N–H and O–H groups in total. The number of rotatable bonds is 3. The first-order valence-corrected chi connectivity index (χ1v) is 5.10. The maximum Gasteiger partial charge on any atom is 0.143 e. The van der Waals surface area contributed by atoms with E-state index in [-0.39, 0.29) is 0 Å². The number of nitrogens with one attached hydrogen (secondary N) is 1. The smallest absolute Gasteiger partial charge is 0.143 e. The van der Waals surface area contributed by atoms with Crippen molar-refractivity contribution in [1.29, 1.82) is 0 Å². The van der Waals surface area contributed by atoms with E-state index in [1.807, 2.05) is 38.0 Å². The SMILES string of the molecule is Cc1cnn(Cc2c(C)nn(C)c2NN)c1. The molecule has 0 saturated carbocycles. The molecule has 0 atom stereocenters. The fourth-order valence-electron chi connectivity index (χ4n) is 1.79. The van der Waals surface area contributed by atoms with Gasteiger partial charge in [0.15, 0.2) is 0 Å². The highest BCUT2D eigenvalue weighted by Crippen LogP contribution is 2.18. The van der Waals surface area contributed by atoms with Gasteiger partial charge in [0.1, 0.15) is 5.82 Å². The van der Waals surface area contributed by atoms with Gasteiger partial charge in [0.05, 0.1) is 18.4 Å². The molecule has 0 aliphatic heterocycles. The number of aromatic nitrogens is 4. The molecule has 0 unspecified atom stereocenters. The normalized spacial score (nSPS) is 10.8. The predicted octanol–water partition coefficient (Wildman–Crippen LogP) is 0.567. The maximum absolute atomic E-state index is 5.48. The molecule has 6 nitrogen and oxygen atoms in total. The van der Waals surface area contributed by atoms with E-state index >= 15 is 0 Å². The molecule has 0 radical (unpaired) electrons. The van der Waals surface area contributed by atoms with E-state index in [0.29, 0.717) is 6.54 Å². The number of nitrogens with two attached hydrogens (primary N) is 1. The van der Waals surface area contributed by atoms with Gasteiger partial charge >= 0.3 is 0 Å². The lowest BCUT2D eigenvalue weighted by Gasteiger charge is -2.05. The number of hydrogen-bond acceptors (Lipinski definition) is 4. The highest BCUT2D eigenvalue weighted by molar-refractivity contribution is 5.46. The third-order valence-electron chi connectivity index (χ3n) is 2.57. The molecule has 0 aliphatic carbocycles. The van der Waals surface area contributed by atoms with Gasteiger partial charge in [-0.25, -0.2) is 5.84 Å². The zero-order valence-corrected chi connectivity index (χ0v) is 9.73. The third kappa shape index (κ3) is 1.79. The largest absolute Gasteiger partial charge is 0.308 e. The summed E-state index contributed by atoms with van der Waals surface area (Å²) in [6, 6.07) is 0. The Morgan fingerprint density at radius 3 is 2.75 bits per heavy atom. The van der Waals surface area contributed by atoms with E-state index in [2.05, 4.69) is 15.6 Å². The van der Waals surface area contributed by atoms with E-state index in [1.165, 1.54) is 0 Å². The van der Waals surface area contributed by atoms with Gasteiger partial charge in [0, 0.05) is 18.8 Å². The van der Waals surface area contributed by atoms with Crippen LogP contribution in [-0.2, 0) is 13.6 Å². The summed E-state index contributed by atoms with van der Waals surface area (Å²) in [4.78, 5) is 0. The van der Waals surface area contributed by atoms with E-state index in [1.54, 1.807) is 4.68 Å². The molecule has 0 saturated heterocycles. The molecule has 2 aromatic rings. The van der Waals surface area contributed by atoms with Crippen molar-refractivity contribution in [3.05, 3.63) is 29.2 Å². The van der Waals surface area contributed by atoms with Gasteiger partial charge in [-0.05, 0) is 19.4 Å². The van der Waals surface area contributed by atoms with Crippen LogP contribution in [0.5, 0.6) is 0 Å². The predicted molar refractivity (Wildman–Crippen MR) is 61.8 cm³/mol. The van der Waals surface area contributed by atoms with E-state index in [0.717, 1.165) is 22.6 Å². The molecule has 2 aromatic heterocycles. The molecular weight excluding hydrogens is 204 g/mol. The van der Waals surface area contributed by atoms with Crippen molar-refractivity contribution in [3.8, 4) is 0 Å². The van der Waals surface area contributed by atoms with Gasteiger partial charge < -0.3 is 5.43 Å². The summed E-state index contributed by atoms with van der Waals surface area (Å²) in [5.41, 5.74) is 5.84. The van der Waals surface area contributed by atoms with Crippen molar-refractivity contribution in [2.45, 2.75) is 20.4 Å². The van der Waals surface area contributed by atoms with Crippen LogP contribution >= 0.6 is 0 Å². The minimum Gasteiger partial charge on any atom is -0.308 e. The molecular formula is C10H16N6. The van der Waals surface area contributed by atoms with Gasteiger partial charge in [0.25, 0.3) is 0 Å². The highest BCUT2D eigenvalue weighted by Gasteiger charge is 2.12. The summed E-state index contributed by atoms with van der Waals surface area (Å²) in [5, 5.41) is 8.57. The number of nitrogens with zero attached hydrogens (tertiary/aromatic N) is 4. The summed E-state index contributed by atoms with van der Waals surface area (Å²) in [6.07, 6.45) is 3.83. The molecule has 0 aromatic carbocycles. The molecule has 0 bridgehead atoms. The monoisotopic (exact) mass is 220 g/mol. The standard InChI is InChI=1S/C10H16N6/c1-7-4-12-16(5-7)6-9-8(2)14-15(3)10(9)13-11/h4-5,13H,6,11H2,1-3H3.